The molecule has 2 amide bonds. The fourth-order valence-electron chi connectivity index (χ4n) is 7.71. The van der Waals surface area contributed by atoms with Crippen LogP contribution in [0.1, 0.15) is 35.7 Å². The number of aliphatic carboxylic acids is 1. The molecule has 20 heteroatoms. The molecule has 2 aromatic heterocycles. The molecule has 0 saturated carbocycles. The van der Waals surface area contributed by atoms with E-state index in [-0.39, 0.29) is 29.0 Å². The minimum atomic E-state index is -5.19. The van der Waals surface area contributed by atoms with E-state index < -0.39 is 36.1 Å². The van der Waals surface area contributed by atoms with E-state index in [9.17, 15) is 40.3 Å². The number of amides is 2. The first-order valence-electron chi connectivity index (χ1n) is 19.0. The molecule has 2 aromatic carbocycles. The van der Waals surface area contributed by atoms with Gasteiger partial charge >= 0.3 is 12.8 Å². The Kier molecular flexibility index (Phi) is 13.0. The maximum Gasteiger partial charge on any atom is 0.430 e. The second-order valence-corrected chi connectivity index (χ2v) is 15.0. The standard InChI is InChI=1S/C37H42F4N8O3.C2HF3O2/c1-3-24-18-26(45-33-34-44-21-29(48(34)11-10-43-33)28-6-7-30(52-37(40)41)32(39)31(28)38)4-5-27(24)36(51)47-14-12-46(13-15-47)35(50)25-8-16-49(2,17-9-25)22-23-19-42-20-23;3-2(4,5)1(6)7/h4-7,10-11,18,21,23,25,37,42H,3,8-9,12-17,19-20,22H2,1-2H3;(H,6,7). The molecular formula is C39H43F7N8O5. The summed E-state index contributed by atoms with van der Waals surface area (Å²) in [4.78, 5) is 48.4. The Bertz CT molecular complexity index is 2160. The molecule has 59 heavy (non-hydrogen) atoms. The molecular weight excluding hydrogens is 793 g/mol. The van der Waals surface area contributed by atoms with Gasteiger partial charge in [0.15, 0.2) is 23.0 Å². The number of anilines is 2. The second-order valence-electron chi connectivity index (χ2n) is 15.0. The lowest BCUT2D eigenvalue weighted by atomic mass is 9.91. The van der Waals surface area contributed by atoms with E-state index in [0.29, 0.717) is 55.3 Å². The number of quaternary nitrogens is 1. The van der Waals surface area contributed by atoms with E-state index in [1.807, 2.05) is 22.8 Å². The SMILES string of the molecule is CCc1cc(Nc2nccn3c(-c4ccc(OC(F)F)c(F)c4F)cnc23)ccc1C(=O)N1CCN(C(=O)C2CC[N+](C)(CC3CNC3)CC2)CC1.O=C([O-])C(F)(F)F. The van der Waals surface area contributed by atoms with Crippen molar-refractivity contribution in [3.63, 3.8) is 0 Å². The van der Waals surface area contributed by atoms with Gasteiger partial charge in [0.2, 0.25) is 11.7 Å². The largest absolute Gasteiger partial charge is 0.542 e. The molecule has 5 heterocycles. The fourth-order valence-corrected chi connectivity index (χ4v) is 7.71. The number of rotatable bonds is 10. The summed E-state index contributed by atoms with van der Waals surface area (Å²) < 4.78 is 92.8. The van der Waals surface area contributed by atoms with Crippen molar-refractivity contribution >= 4 is 34.9 Å². The summed E-state index contributed by atoms with van der Waals surface area (Å²) in [5.41, 5.74) is 2.35. The number of carboxylic acid groups (broad SMARTS) is 1. The van der Waals surface area contributed by atoms with Gasteiger partial charge in [0, 0.05) is 93.2 Å². The van der Waals surface area contributed by atoms with Crippen LogP contribution in [0.2, 0.25) is 0 Å². The van der Waals surface area contributed by atoms with Gasteiger partial charge in [0.1, 0.15) is 5.97 Å². The monoisotopic (exact) mass is 836 g/mol. The molecule has 0 bridgehead atoms. The molecule has 318 valence electrons. The van der Waals surface area contributed by atoms with E-state index in [1.165, 1.54) is 29.5 Å². The van der Waals surface area contributed by atoms with Crippen LogP contribution in [0.15, 0.2) is 48.9 Å². The fraction of sp³-hybridized carbons (Fsp3) is 0.462. The molecule has 3 aliphatic rings. The smallest absolute Gasteiger partial charge is 0.430 e. The van der Waals surface area contributed by atoms with Gasteiger partial charge in [-0.15, -0.1) is 0 Å². The lowest BCUT2D eigenvalue weighted by Gasteiger charge is -2.45. The van der Waals surface area contributed by atoms with Gasteiger partial charge in [-0.2, -0.15) is 26.3 Å². The zero-order valence-corrected chi connectivity index (χ0v) is 32.2. The van der Waals surface area contributed by atoms with Crippen molar-refractivity contribution < 1.29 is 59.4 Å². The quantitative estimate of drug-likeness (QED) is 0.177. The molecule has 0 spiro atoms. The number of hydrogen-bond donors (Lipinski definition) is 2. The molecule has 3 saturated heterocycles. The maximum atomic E-state index is 14.9. The van der Waals surface area contributed by atoms with E-state index >= 15 is 0 Å². The molecule has 0 aliphatic carbocycles. The highest BCUT2D eigenvalue weighted by molar-refractivity contribution is 5.96. The summed E-state index contributed by atoms with van der Waals surface area (Å²) in [6.45, 7) is 6.10. The van der Waals surface area contributed by atoms with Crippen LogP contribution in [0.3, 0.4) is 0 Å². The summed E-state index contributed by atoms with van der Waals surface area (Å²) in [6.07, 6.45) is 1.54. The molecule has 13 nitrogen and oxygen atoms in total. The molecule has 0 radical (unpaired) electrons. The average Bonchev–Trinajstić information content (AvgIpc) is 3.62. The molecule has 7 rings (SSSR count). The molecule has 3 fully saturated rings. The van der Waals surface area contributed by atoms with Gasteiger partial charge in [-0.25, -0.2) is 14.4 Å². The lowest BCUT2D eigenvalue weighted by Crippen LogP contribution is -2.59. The second kappa shape index (κ2) is 17.8. The Morgan fingerprint density at radius 3 is 2.25 bits per heavy atom. The van der Waals surface area contributed by atoms with Crippen LogP contribution < -0.4 is 20.5 Å². The molecule has 0 unspecified atom stereocenters. The number of piperidine rings is 1. The van der Waals surface area contributed by atoms with Crippen LogP contribution in [0.25, 0.3) is 16.9 Å². The Balaban J connectivity index is 0.000000768. The van der Waals surface area contributed by atoms with Gasteiger partial charge in [-0.3, -0.25) is 14.0 Å². The van der Waals surface area contributed by atoms with E-state index in [2.05, 4.69) is 32.4 Å². The number of benzene rings is 2. The number of aryl methyl sites for hydroxylation is 1. The van der Waals surface area contributed by atoms with Crippen molar-refractivity contribution in [3.8, 4) is 17.0 Å². The average molecular weight is 837 g/mol. The van der Waals surface area contributed by atoms with Crippen molar-refractivity contribution in [2.24, 2.45) is 11.8 Å². The number of fused-ring (bicyclic) bond motifs is 1. The normalized spacial score (nSPS) is 19.9. The third-order valence-corrected chi connectivity index (χ3v) is 11.0. The third-order valence-electron chi connectivity index (χ3n) is 11.0. The number of ether oxygens (including phenoxy) is 1. The number of halogens is 7. The van der Waals surface area contributed by atoms with Crippen LogP contribution in [0.5, 0.6) is 5.75 Å². The number of likely N-dealkylation sites (tertiary alicyclic amines) is 1. The van der Waals surface area contributed by atoms with Crippen LogP contribution in [0, 0.1) is 23.5 Å². The molecule has 3 aliphatic heterocycles. The van der Waals surface area contributed by atoms with Gasteiger partial charge in [0.05, 0.1) is 38.6 Å². The number of nitrogens with zero attached hydrogens (tertiary/aromatic N) is 6. The van der Waals surface area contributed by atoms with E-state index in [1.54, 1.807) is 12.1 Å². The summed E-state index contributed by atoms with van der Waals surface area (Å²) >= 11 is 0. The van der Waals surface area contributed by atoms with Crippen LogP contribution in [-0.2, 0) is 16.0 Å². The van der Waals surface area contributed by atoms with Crippen molar-refractivity contribution in [2.45, 2.75) is 39.0 Å². The number of nitrogens with one attached hydrogen (secondary N) is 2. The number of carbonyl (C=O) groups excluding carboxylic acids is 3. The van der Waals surface area contributed by atoms with Gasteiger partial charge in [-0.1, -0.05) is 6.92 Å². The topological polar surface area (TPSA) is 144 Å². The predicted molar refractivity (Wildman–Crippen MR) is 197 cm³/mol. The number of aromatic nitrogens is 3. The zero-order chi connectivity index (χ0) is 42.6. The predicted octanol–water partition coefficient (Wildman–Crippen LogP) is 4.24. The van der Waals surface area contributed by atoms with Gasteiger partial charge in [0.25, 0.3) is 5.91 Å². The van der Waals surface area contributed by atoms with Crippen molar-refractivity contribution in [1.82, 2.24) is 29.5 Å². The minimum absolute atomic E-state index is 0.0551. The van der Waals surface area contributed by atoms with Crippen molar-refractivity contribution in [1.29, 1.82) is 0 Å². The number of carbonyl (C=O) groups is 3. The molecule has 4 aromatic rings. The van der Waals surface area contributed by atoms with Gasteiger partial charge in [-0.05, 0) is 42.3 Å². The first-order chi connectivity index (χ1) is 28.0. The highest BCUT2D eigenvalue weighted by Crippen LogP contribution is 2.33. The highest BCUT2D eigenvalue weighted by atomic mass is 19.4. The number of alkyl halides is 5. The Labute approximate surface area is 334 Å². The Morgan fingerprint density at radius 2 is 1.66 bits per heavy atom. The first kappa shape index (κ1) is 43.1. The summed E-state index contributed by atoms with van der Waals surface area (Å²) in [6, 6.07) is 7.50. The molecule has 0 atom stereocenters. The number of imidazole rings is 1. The van der Waals surface area contributed by atoms with Crippen LogP contribution in [0.4, 0.5) is 42.2 Å². The minimum Gasteiger partial charge on any atom is -0.542 e. The van der Waals surface area contributed by atoms with Crippen LogP contribution in [-0.4, -0.2) is 125 Å². The Morgan fingerprint density at radius 1 is 1.00 bits per heavy atom. The van der Waals surface area contributed by atoms with E-state index in [0.717, 1.165) is 67.1 Å². The lowest BCUT2D eigenvalue weighted by molar-refractivity contribution is -0.918. The van der Waals surface area contributed by atoms with E-state index in [4.69, 9.17) is 9.90 Å². The maximum absolute atomic E-state index is 14.9. The number of piperazine rings is 1. The number of carboxylic acids is 1. The summed E-state index contributed by atoms with van der Waals surface area (Å²) in [5.74, 6) is -5.52. The molecule has 2 N–H and O–H groups in total. The van der Waals surface area contributed by atoms with Gasteiger partial charge < -0.3 is 39.6 Å². The Hall–Kier alpha value is -5.50. The summed E-state index contributed by atoms with van der Waals surface area (Å²) in [5, 5.41) is 15.4. The van der Waals surface area contributed by atoms with Crippen LogP contribution >= 0.6 is 0 Å². The first-order valence-corrected chi connectivity index (χ1v) is 19.0. The third kappa shape index (κ3) is 9.86. The number of hydrogen-bond acceptors (Lipinski definition) is 9. The van der Waals surface area contributed by atoms with Crippen molar-refractivity contribution in [3.05, 3.63) is 71.7 Å². The highest BCUT2D eigenvalue weighted by Gasteiger charge is 2.38. The van der Waals surface area contributed by atoms with Crippen molar-refractivity contribution in [2.75, 3.05) is 71.3 Å². The summed E-state index contributed by atoms with van der Waals surface area (Å²) in [7, 11) is 2.32. The zero-order valence-electron chi connectivity index (χ0n) is 32.2.